The molecule has 2 aliphatic rings. The number of fused-ring (bicyclic) bond motifs is 2. The average molecular weight is 469 g/mol. The Kier molecular flexibility index (Phi) is 4.05. The summed E-state index contributed by atoms with van der Waals surface area (Å²) >= 11 is -0.877. The van der Waals surface area contributed by atoms with Gasteiger partial charge >= 0.3 is 146 Å². The number of hydrogen-bond donors (Lipinski definition) is 0. The van der Waals surface area contributed by atoms with Crippen molar-refractivity contribution in [2.75, 3.05) is 13.3 Å². The second-order valence-corrected chi connectivity index (χ2v) is 14.0. The fraction of sp³-hybridized carbons (Fsp3) is 0.200. The van der Waals surface area contributed by atoms with Crippen molar-refractivity contribution in [1.29, 1.82) is 0 Å². The predicted octanol–water partition coefficient (Wildman–Crippen LogP) is 5.67. The van der Waals surface area contributed by atoms with E-state index in [2.05, 4.69) is 80.1 Å². The first-order chi connectivity index (χ1) is 10.7. The first-order valence-electron chi connectivity index (χ1n) is 7.75. The SMILES string of the molecule is CP(C)C1=Cc2ccccc2[CH]1[Hf][CH]1C=Cc2ccccc21. The summed E-state index contributed by atoms with van der Waals surface area (Å²) in [7, 11) is 0.0109. The van der Waals surface area contributed by atoms with E-state index in [0.717, 1.165) is 7.35 Å². The van der Waals surface area contributed by atoms with E-state index >= 15 is 0 Å². The average Bonchev–Trinajstić information content (AvgIpc) is 3.10. The molecule has 2 unspecified atom stereocenters. The molecule has 2 aliphatic carbocycles. The summed E-state index contributed by atoms with van der Waals surface area (Å²) in [6.45, 7) is 4.84. The van der Waals surface area contributed by atoms with Crippen LogP contribution >= 0.6 is 7.92 Å². The van der Waals surface area contributed by atoms with Gasteiger partial charge in [-0.15, -0.1) is 0 Å². The summed E-state index contributed by atoms with van der Waals surface area (Å²) in [5.74, 6) is 0. The van der Waals surface area contributed by atoms with Gasteiger partial charge in [-0.2, -0.15) is 0 Å². The van der Waals surface area contributed by atoms with Crippen LogP contribution < -0.4 is 0 Å². The van der Waals surface area contributed by atoms with Crippen LogP contribution in [0, 0.1) is 0 Å². The maximum atomic E-state index is 2.50. The van der Waals surface area contributed by atoms with Crippen LogP contribution in [0.5, 0.6) is 0 Å². The molecule has 0 aromatic heterocycles. The molecule has 2 atom stereocenters. The van der Waals surface area contributed by atoms with Gasteiger partial charge in [0.25, 0.3) is 0 Å². The third kappa shape index (κ3) is 2.53. The summed E-state index contributed by atoms with van der Waals surface area (Å²) < 4.78 is 1.55. The summed E-state index contributed by atoms with van der Waals surface area (Å²) in [4.78, 5) is 0. The Hall–Kier alpha value is -0.780. The third-order valence-electron chi connectivity index (χ3n) is 4.57. The van der Waals surface area contributed by atoms with Crippen LogP contribution in [0.15, 0.2) is 59.9 Å². The second-order valence-electron chi connectivity index (χ2n) is 6.16. The molecule has 0 aliphatic heterocycles. The first-order valence-corrected chi connectivity index (χ1v) is 14.1. The van der Waals surface area contributed by atoms with E-state index in [9.17, 15) is 0 Å². The fourth-order valence-corrected chi connectivity index (χ4v) is 14.0. The Bertz CT molecular complexity index is 773. The Labute approximate surface area is 145 Å². The molecule has 2 heteroatoms. The maximum absolute atomic E-state index is 2.50. The van der Waals surface area contributed by atoms with Crippen LogP contribution in [0.4, 0.5) is 0 Å². The van der Waals surface area contributed by atoms with Gasteiger partial charge < -0.3 is 0 Å². The molecule has 0 spiro atoms. The van der Waals surface area contributed by atoms with Crippen LogP contribution in [0.2, 0.25) is 0 Å². The van der Waals surface area contributed by atoms with Gasteiger partial charge in [-0.1, -0.05) is 0 Å². The summed E-state index contributed by atoms with van der Waals surface area (Å²) in [5.41, 5.74) is 6.15. The van der Waals surface area contributed by atoms with Crippen molar-refractivity contribution in [3.05, 3.63) is 82.2 Å². The number of allylic oxidation sites excluding steroid dienone is 2. The van der Waals surface area contributed by atoms with Crippen molar-refractivity contribution in [2.45, 2.75) is 7.35 Å². The van der Waals surface area contributed by atoms with E-state index in [1.54, 1.807) is 16.4 Å². The Balaban J connectivity index is 1.68. The number of hydrogen-bond acceptors (Lipinski definition) is 0. The quantitative estimate of drug-likeness (QED) is 0.402. The summed E-state index contributed by atoms with van der Waals surface area (Å²) in [5, 5.41) is 1.75. The second kappa shape index (κ2) is 6.02. The number of benzene rings is 2. The van der Waals surface area contributed by atoms with Gasteiger partial charge in [0.1, 0.15) is 0 Å². The minimum absolute atomic E-state index is 0.0109. The molecule has 0 N–H and O–H groups in total. The van der Waals surface area contributed by atoms with Crippen molar-refractivity contribution in [3.63, 3.8) is 0 Å². The van der Waals surface area contributed by atoms with Crippen LogP contribution in [-0.2, 0) is 22.9 Å². The van der Waals surface area contributed by atoms with Crippen molar-refractivity contribution in [2.24, 2.45) is 0 Å². The molecule has 22 heavy (non-hydrogen) atoms. The Morgan fingerprint density at radius 2 is 1.55 bits per heavy atom. The van der Waals surface area contributed by atoms with E-state index in [1.807, 2.05) is 0 Å². The molecule has 108 valence electrons. The summed E-state index contributed by atoms with van der Waals surface area (Å²) in [6, 6.07) is 18.1. The molecule has 0 radical (unpaired) electrons. The zero-order chi connectivity index (χ0) is 15.1. The normalized spacial score (nSPS) is 21.7. The summed E-state index contributed by atoms with van der Waals surface area (Å²) in [6.07, 6.45) is 7.33. The molecule has 0 saturated carbocycles. The Morgan fingerprint density at radius 1 is 0.864 bits per heavy atom. The van der Waals surface area contributed by atoms with E-state index in [4.69, 9.17) is 0 Å². The molecule has 0 bridgehead atoms. The minimum atomic E-state index is -0.877. The fourth-order valence-electron chi connectivity index (χ4n) is 3.44. The van der Waals surface area contributed by atoms with Gasteiger partial charge in [-0.3, -0.25) is 0 Å². The van der Waals surface area contributed by atoms with Gasteiger partial charge in [0.2, 0.25) is 0 Å². The molecule has 0 amide bonds. The molecule has 0 fully saturated rings. The zero-order valence-corrected chi connectivity index (χ0v) is 17.4. The van der Waals surface area contributed by atoms with E-state index in [-0.39, 0.29) is 7.92 Å². The van der Waals surface area contributed by atoms with E-state index < -0.39 is 22.9 Å². The van der Waals surface area contributed by atoms with Gasteiger partial charge in [0.15, 0.2) is 0 Å². The van der Waals surface area contributed by atoms with Crippen LogP contribution in [0.3, 0.4) is 0 Å². The van der Waals surface area contributed by atoms with Gasteiger partial charge in [-0.25, -0.2) is 0 Å². The van der Waals surface area contributed by atoms with Gasteiger partial charge in [0, 0.05) is 0 Å². The molecule has 0 nitrogen and oxygen atoms in total. The first kappa shape index (κ1) is 14.8. The Morgan fingerprint density at radius 3 is 2.32 bits per heavy atom. The molecule has 2 aromatic carbocycles. The van der Waals surface area contributed by atoms with Crippen LogP contribution in [0.1, 0.15) is 29.6 Å². The van der Waals surface area contributed by atoms with Crippen molar-refractivity contribution in [3.8, 4) is 0 Å². The number of rotatable bonds is 3. The van der Waals surface area contributed by atoms with Gasteiger partial charge in [-0.05, 0) is 0 Å². The van der Waals surface area contributed by atoms with Crippen LogP contribution in [-0.4, -0.2) is 13.3 Å². The predicted molar refractivity (Wildman–Crippen MR) is 94.1 cm³/mol. The monoisotopic (exact) mass is 470 g/mol. The molecule has 0 heterocycles. The molecule has 0 saturated heterocycles. The zero-order valence-electron chi connectivity index (χ0n) is 13.0. The third-order valence-corrected chi connectivity index (χ3v) is 13.4. The van der Waals surface area contributed by atoms with Crippen LogP contribution in [0.25, 0.3) is 12.2 Å². The van der Waals surface area contributed by atoms with Crippen molar-refractivity contribution in [1.82, 2.24) is 0 Å². The van der Waals surface area contributed by atoms with Gasteiger partial charge in [0.05, 0.1) is 0 Å². The topological polar surface area (TPSA) is 0 Å². The molecular weight excluding hydrogens is 450 g/mol. The molecule has 4 rings (SSSR count). The van der Waals surface area contributed by atoms with E-state index in [0.29, 0.717) is 0 Å². The molecular formula is C20H19HfP. The standard InChI is InChI=1S/C11H12P.C9H7.Hf/c1-12(2)11-7-9-5-3-4-6-10(9)8-11;1-2-5-9-7-3-6-8(9)4-1;/h3-8H,1-2H3;1-7H;. The van der Waals surface area contributed by atoms with E-state index in [1.165, 1.54) is 11.1 Å². The van der Waals surface area contributed by atoms with Crippen molar-refractivity contribution < 1.29 is 22.9 Å². The molecule has 2 aromatic rings. The van der Waals surface area contributed by atoms with Crippen molar-refractivity contribution >= 4 is 20.1 Å².